The topological polar surface area (TPSA) is 101 Å². The van der Waals surface area contributed by atoms with E-state index in [-0.39, 0.29) is 23.6 Å². The SMILES string of the molecule is O=S(=O)(Nc1ncns1)c1cc(F)c(OCC2C[C@H](O)CC[C@H]2c2ccc(Cl)cc2)cc1F. The first kappa shape index (κ1) is 23.8. The van der Waals surface area contributed by atoms with Gasteiger partial charge < -0.3 is 9.84 Å². The van der Waals surface area contributed by atoms with Gasteiger partial charge in [-0.15, -0.1) is 0 Å². The van der Waals surface area contributed by atoms with Crippen molar-refractivity contribution >= 4 is 38.3 Å². The predicted molar refractivity (Wildman–Crippen MR) is 120 cm³/mol. The van der Waals surface area contributed by atoms with Gasteiger partial charge in [0.1, 0.15) is 17.0 Å². The van der Waals surface area contributed by atoms with Crippen molar-refractivity contribution in [1.29, 1.82) is 0 Å². The van der Waals surface area contributed by atoms with Crippen molar-refractivity contribution in [3.8, 4) is 5.75 Å². The Morgan fingerprint density at radius 1 is 1.18 bits per heavy atom. The van der Waals surface area contributed by atoms with E-state index in [1.807, 2.05) is 12.1 Å². The van der Waals surface area contributed by atoms with Crippen LogP contribution in [0.25, 0.3) is 0 Å². The van der Waals surface area contributed by atoms with Crippen LogP contribution in [-0.2, 0) is 10.0 Å². The summed E-state index contributed by atoms with van der Waals surface area (Å²) in [5.41, 5.74) is 1.02. The lowest BCUT2D eigenvalue weighted by molar-refractivity contribution is 0.0670. The van der Waals surface area contributed by atoms with Gasteiger partial charge in [0.15, 0.2) is 11.6 Å². The maximum Gasteiger partial charge on any atom is 0.266 e. The lowest BCUT2D eigenvalue weighted by atomic mass is 9.75. The van der Waals surface area contributed by atoms with Gasteiger partial charge in [-0.05, 0) is 42.9 Å². The van der Waals surface area contributed by atoms with Gasteiger partial charge in [-0.25, -0.2) is 22.2 Å². The van der Waals surface area contributed by atoms with Gasteiger partial charge in [-0.1, -0.05) is 23.7 Å². The van der Waals surface area contributed by atoms with Crippen molar-refractivity contribution < 1.29 is 27.0 Å². The summed E-state index contributed by atoms with van der Waals surface area (Å²) in [4.78, 5) is 2.80. The fourth-order valence-corrected chi connectivity index (χ4v) is 5.84. The highest BCUT2D eigenvalue weighted by Crippen LogP contribution is 2.39. The summed E-state index contributed by atoms with van der Waals surface area (Å²) in [6.07, 6.45) is 2.40. The molecule has 1 aromatic heterocycles. The predicted octanol–water partition coefficient (Wildman–Crippen LogP) is 4.59. The molecule has 0 amide bonds. The molecule has 0 aliphatic heterocycles. The number of benzene rings is 2. The maximum atomic E-state index is 14.7. The van der Waals surface area contributed by atoms with E-state index in [4.69, 9.17) is 16.3 Å². The molecule has 4 rings (SSSR count). The van der Waals surface area contributed by atoms with Crippen LogP contribution in [0.2, 0.25) is 5.02 Å². The molecule has 1 fully saturated rings. The van der Waals surface area contributed by atoms with E-state index in [1.165, 1.54) is 0 Å². The zero-order chi connectivity index (χ0) is 23.6. The van der Waals surface area contributed by atoms with Crippen LogP contribution >= 0.6 is 23.1 Å². The quantitative estimate of drug-likeness (QED) is 0.477. The Morgan fingerprint density at radius 3 is 2.64 bits per heavy atom. The highest BCUT2D eigenvalue weighted by molar-refractivity contribution is 7.93. The van der Waals surface area contributed by atoms with Gasteiger partial charge in [-0.2, -0.15) is 4.37 Å². The van der Waals surface area contributed by atoms with Crippen molar-refractivity contribution in [2.45, 2.75) is 36.2 Å². The van der Waals surface area contributed by atoms with E-state index in [1.54, 1.807) is 12.1 Å². The average molecular weight is 516 g/mol. The Balaban J connectivity index is 1.51. The number of nitrogens with one attached hydrogen (secondary N) is 1. The van der Waals surface area contributed by atoms with Gasteiger partial charge >= 0.3 is 0 Å². The number of anilines is 1. The fraction of sp³-hybridized carbons (Fsp3) is 0.333. The molecule has 2 aromatic carbocycles. The molecule has 3 atom stereocenters. The zero-order valence-corrected chi connectivity index (χ0v) is 19.5. The molecular weight excluding hydrogens is 496 g/mol. The maximum absolute atomic E-state index is 14.7. The molecule has 0 radical (unpaired) electrons. The Labute approximate surface area is 198 Å². The molecular formula is C21H20ClF2N3O4S2. The largest absolute Gasteiger partial charge is 0.490 e. The summed E-state index contributed by atoms with van der Waals surface area (Å²) in [7, 11) is -4.40. The number of halogens is 3. The Hall–Kier alpha value is -2.34. The molecule has 7 nitrogen and oxygen atoms in total. The molecule has 0 bridgehead atoms. The first-order valence-corrected chi connectivity index (χ1v) is 12.7. The highest BCUT2D eigenvalue weighted by Gasteiger charge is 2.32. The van der Waals surface area contributed by atoms with Crippen molar-refractivity contribution in [1.82, 2.24) is 9.36 Å². The van der Waals surface area contributed by atoms with Crippen molar-refractivity contribution in [3.63, 3.8) is 0 Å². The third-order valence-corrected chi connectivity index (χ3v) is 7.88. The molecule has 33 heavy (non-hydrogen) atoms. The van der Waals surface area contributed by atoms with E-state index >= 15 is 0 Å². The van der Waals surface area contributed by atoms with E-state index in [9.17, 15) is 22.3 Å². The van der Waals surface area contributed by atoms with Crippen LogP contribution in [0.4, 0.5) is 13.9 Å². The number of rotatable bonds is 7. The van der Waals surface area contributed by atoms with Gasteiger partial charge in [0.05, 0.1) is 12.7 Å². The molecule has 0 spiro atoms. The summed E-state index contributed by atoms with van der Waals surface area (Å²) >= 11 is 6.73. The summed E-state index contributed by atoms with van der Waals surface area (Å²) in [6, 6.07) is 8.65. The lowest BCUT2D eigenvalue weighted by Crippen LogP contribution is -2.30. The second-order valence-corrected chi connectivity index (χ2v) is 10.6. The summed E-state index contributed by atoms with van der Waals surface area (Å²) < 4.78 is 65.3. The minimum Gasteiger partial charge on any atom is -0.490 e. The summed E-state index contributed by atoms with van der Waals surface area (Å²) in [6.45, 7) is 0.0237. The van der Waals surface area contributed by atoms with Crippen LogP contribution in [0, 0.1) is 17.6 Å². The molecule has 12 heteroatoms. The van der Waals surface area contributed by atoms with Crippen molar-refractivity contribution in [2.75, 3.05) is 11.3 Å². The third-order valence-electron chi connectivity index (χ3n) is 5.56. The van der Waals surface area contributed by atoms with Crippen LogP contribution in [-0.4, -0.2) is 35.6 Å². The number of hydrogen-bond acceptors (Lipinski definition) is 7. The van der Waals surface area contributed by atoms with E-state index < -0.39 is 38.4 Å². The molecule has 3 aromatic rings. The molecule has 1 aliphatic carbocycles. The number of ether oxygens (including phenoxy) is 1. The van der Waals surface area contributed by atoms with Gasteiger partial charge in [0.2, 0.25) is 5.13 Å². The van der Waals surface area contributed by atoms with E-state index in [0.29, 0.717) is 36.4 Å². The second kappa shape index (κ2) is 9.88. The Morgan fingerprint density at radius 2 is 1.94 bits per heavy atom. The fourth-order valence-electron chi connectivity index (χ4n) is 3.98. The molecule has 1 aliphatic rings. The number of sulfonamides is 1. The van der Waals surface area contributed by atoms with Crippen molar-refractivity contribution in [2.24, 2.45) is 5.92 Å². The zero-order valence-electron chi connectivity index (χ0n) is 17.1. The average Bonchev–Trinajstić information content (AvgIpc) is 3.27. The van der Waals surface area contributed by atoms with Gasteiger partial charge in [-0.3, -0.25) is 4.72 Å². The standard InChI is InChI=1S/C21H20ClF2N3O4S2/c22-14-3-1-12(2-4-14)16-6-5-15(28)7-13(16)10-31-19-8-18(24)20(9-17(19)23)33(29,30)27-21-25-11-26-32-21/h1-4,8-9,11,13,15-16,28H,5-7,10H2,(H,25,26,27)/t13?,15-,16+/m1/s1. The molecule has 176 valence electrons. The third kappa shape index (κ3) is 5.60. The normalized spacial score (nSPS) is 21.0. The van der Waals surface area contributed by atoms with Crippen LogP contribution in [0.5, 0.6) is 5.75 Å². The first-order chi connectivity index (χ1) is 15.7. The van der Waals surface area contributed by atoms with Crippen LogP contribution in [0.1, 0.15) is 30.7 Å². The Kier molecular flexibility index (Phi) is 7.13. The second-order valence-electron chi connectivity index (χ2n) is 7.76. The molecule has 1 saturated carbocycles. The minimum atomic E-state index is -4.40. The molecule has 0 saturated heterocycles. The smallest absolute Gasteiger partial charge is 0.266 e. The molecule has 1 unspecified atom stereocenters. The number of aliphatic hydroxyl groups excluding tert-OH is 1. The minimum absolute atomic E-state index is 0.0237. The van der Waals surface area contributed by atoms with Crippen LogP contribution in [0.15, 0.2) is 47.6 Å². The van der Waals surface area contributed by atoms with Gasteiger partial charge in [0, 0.05) is 34.6 Å². The molecule has 1 heterocycles. The monoisotopic (exact) mass is 515 g/mol. The van der Waals surface area contributed by atoms with Crippen LogP contribution in [0.3, 0.4) is 0 Å². The number of nitrogens with zero attached hydrogens (tertiary/aromatic N) is 2. The number of aromatic nitrogens is 2. The summed E-state index contributed by atoms with van der Waals surface area (Å²) in [5, 5.41) is 10.7. The highest BCUT2D eigenvalue weighted by atomic mass is 35.5. The first-order valence-electron chi connectivity index (χ1n) is 10.1. The number of aliphatic hydroxyl groups is 1. The Bertz CT molecular complexity index is 1210. The lowest BCUT2D eigenvalue weighted by Gasteiger charge is -2.34. The van der Waals surface area contributed by atoms with Crippen LogP contribution < -0.4 is 9.46 Å². The van der Waals surface area contributed by atoms with Gasteiger partial charge in [0.25, 0.3) is 10.0 Å². The van der Waals surface area contributed by atoms with Crippen molar-refractivity contribution in [3.05, 3.63) is 64.9 Å². The number of hydrogen-bond donors (Lipinski definition) is 2. The summed E-state index contributed by atoms with van der Waals surface area (Å²) in [5.74, 6) is -2.69. The van der Waals surface area contributed by atoms with E-state index in [0.717, 1.165) is 23.4 Å². The molecule has 2 N–H and O–H groups in total. The van der Waals surface area contributed by atoms with E-state index in [2.05, 4.69) is 14.1 Å².